The third-order valence-electron chi connectivity index (χ3n) is 3.39. The number of H-pyrrole nitrogens is 1. The third-order valence-corrected chi connectivity index (χ3v) is 4.12. The lowest BCUT2D eigenvalue weighted by atomic mass is 10.1. The topological polar surface area (TPSA) is 57.8 Å². The molecular weight excluding hydrogens is 366 g/mol. The molecule has 112 valence electrons. The highest BCUT2D eigenvalue weighted by molar-refractivity contribution is 9.10. The number of hydrogen-bond donors (Lipinski definition) is 2. The lowest BCUT2D eigenvalue weighted by molar-refractivity contribution is 0.857. The lowest BCUT2D eigenvalue weighted by Gasteiger charge is -2.15. The highest BCUT2D eigenvalue weighted by Gasteiger charge is 2.12. The van der Waals surface area contributed by atoms with Crippen LogP contribution in [-0.4, -0.2) is 9.97 Å². The van der Waals surface area contributed by atoms with E-state index in [9.17, 15) is 4.79 Å². The number of benzene rings is 1. The molecule has 3 aromatic rings. The van der Waals surface area contributed by atoms with Gasteiger partial charge in [-0.2, -0.15) is 0 Å². The van der Waals surface area contributed by atoms with Gasteiger partial charge in [-0.3, -0.25) is 4.79 Å². The van der Waals surface area contributed by atoms with Crippen LogP contribution in [0.3, 0.4) is 0 Å². The Morgan fingerprint density at radius 3 is 2.86 bits per heavy atom. The van der Waals surface area contributed by atoms with E-state index in [1.54, 1.807) is 18.3 Å². The highest BCUT2D eigenvalue weighted by atomic mass is 79.9. The second kappa shape index (κ2) is 6.10. The molecule has 6 heteroatoms. The SMILES string of the molecule is C[C@H](Nc1cc(Br)ccn1)c1cc2cc(Cl)ccc2[nH]c1=O. The third kappa shape index (κ3) is 3.15. The number of nitrogens with zero attached hydrogens (tertiary/aromatic N) is 1. The highest BCUT2D eigenvalue weighted by Crippen LogP contribution is 2.22. The Kier molecular flexibility index (Phi) is 4.18. The molecule has 3 rings (SSSR count). The Balaban J connectivity index is 1.98. The number of aromatic amines is 1. The molecular formula is C16H13BrClN3O. The van der Waals surface area contributed by atoms with Gasteiger partial charge in [-0.25, -0.2) is 4.98 Å². The van der Waals surface area contributed by atoms with Gasteiger partial charge in [0.2, 0.25) is 0 Å². The summed E-state index contributed by atoms with van der Waals surface area (Å²) in [6, 6.07) is 10.8. The molecule has 0 saturated heterocycles. The van der Waals surface area contributed by atoms with Crippen molar-refractivity contribution in [2.75, 3.05) is 5.32 Å². The summed E-state index contributed by atoms with van der Waals surface area (Å²) in [6.45, 7) is 1.92. The number of aromatic nitrogens is 2. The van der Waals surface area contributed by atoms with Crippen molar-refractivity contribution in [3.8, 4) is 0 Å². The minimum Gasteiger partial charge on any atom is -0.363 e. The fraction of sp³-hybridized carbons (Fsp3) is 0.125. The average molecular weight is 379 g/mol. The molecule has 2 heterocycles. The molecule has 2 N–H and O–H groups in total. The van der Waals surface area contributed by atoms with Gasteiger partial charge in [-0.15, -0.1) is 0 Å². The van der Waals surface area contributed by atoms with Crippen molar-refractivity contribution in [3.63, 3.8) is 0 Å². The first kappa shape index (κ1) is 15.1. The minimum atomic E-state index is -0.186. The fourth-order valence-corrected chi connectivity index (χ4v) is 2.81. The summed E-state index contributed by atoms with van der Waals surface area (Å²) in [5.74, 6) is 0.701. The fourth-order valence-electron chi connectivity index (χ4n) is 2.30. The molecule has 0 spiro atoms. The van der Waals surface area contributed by atoms with Crippen LogP contribution < -0.4 is 10.9 Å². The van der Waals surface area contributed by atoms with Crippen LogP contribution in [0.2, 0.25) is 5.02 Å². The number of pyridine rings is 2. The lowest BCUT2D eigenvalue weighted by Crippen LogP contribution is -2.19. The van der Waals surface area contributed by atoms with E-state index in [4.69, 9.17) is 11.6 Å². The molecule has 0 unspecified atom stereocenters. The van der Waals surface area contributed by atoms with Crippen LogP contribution in [0.5, 0.6) is 0 Å². The van der Waals surface area contributed by atoms with Crippen molar-refractivity contribution in [2.24, 2.45) is 0 Å². The summed E-state index contributed by atoms with van der Waals surface area (Å²) in [6.07, 6.45) is 1.70. The van der Waals surface area contributed by atoms with Gasteiger partial charge in [0.15, 0.2) is 0 Å². The second-order valence-corrected chi connectivity index (χ2v) is 6.36. The van der Waals surface area contributed by atoms with Crippen LogP contribution >= 0.6 is 27.5 Å². The number of rotatable bonds is 3. The Morgan fingerprint density at radius 1 is 1.27 bits per heavy atom. The maximum absolute atomic E-state index is 12.3. The molecule has 22 heavy (non-hydrogen) atoms. The summed E-state index contributed by atoms with van der Waals surface area (Å²) in [5.41, 5.74) is 1.28. The van der Waals surface area contributed by atoms with Gasteiger partial charge < -0.3 is 10.3 Å². The van der Waals surface area contributed by atoms with Crippen molar-refractivity contribution >= 4 is 44.3 Å². The summed E-state index contributed by atoms with van der Waals surface area (Å²) in [5, 5.41) is 4.76. The molecule has 0 fully saturated rings. The molecule has 0 aliphatic rings. The van der Waals surface area contributed by atoms with Crippen LogP contribution in [-0.2, 0) is 0 Å². The summed E-state index contributed by atoms with van der Waals surface area (Å²) < 4.78 is 0.927. The molecule has 0 radical (unpaired) electrons. The van der Waals surface area contributed by atoms with Crippen LogP contribution in [0.4, 0.5) is 5.82 Å². The van der Waals surface area contributed by atoms with E-state index in [1.807, 2.05) is 31.2 Å². The molecule has 0 amide bonds. The number of halogens is 2. The van der Waals surface area contributed by atoms with Gasteiger partial charge in [0.05, 0.1) is 6.04 Å². The van der Waals surface area contributed by atoms with Crippen molar-refractivity contribution in [3.05, 3.63) is 68.0 Å². The van der Waals surface area contributed by atoms with E-state index in [0.29, 0.717) is 16.4 Å². The first-order chi connectivity index (χ1) is 10.5. The van der Waals surface area contributed by atoms with E-state index < -0.39 is 0 Å². The predicted molar refractivity (Wildman–Crippen MR) is 93.6 cm³/mol. The first-order valence-electron chi connectivity index (χ1n) is 6.73. The van der Waals surface area contributed by atoms with E-state index in [-0.39, 0.29) is 11.6 Å². The van der Waals surface area contributed by atoms with E-state index in [0.717, 1.165) is 15.4 Å². The van der Waals surface area contributed by atoms with E-state index in [1.165, 1.54) is 0 Å². The number of fused-ring (bicyclic) bond motifs is 1. The zero-order valence-electron chi connectivity index (χ0n) is 11.7. The molecule has 1 atom stereocenters. The second-order valence-electron chi connectivity index (χ2n) is 5.01. The van der Waals surface area contributed by atoms with Gasteiger partial charge in [0, 0.05) is 32.2 Å². The van der Waals surface area contributed by atoms with Gasteiger partial charge in [0.1, 0.15) is 5.82 Å². The number of anilines is 1. The van der Waals surface area contributed by atoms with Crippen molar-refractivity contribution in [1.82, 2.24) is 9.97 Å². The predicted octanol–water partition coefficient (Wildman–Crippen LogP) is 4.51. The smallest absolute Gasteiger partial charge is 0.253 e. The van der Waals surface area contributed by atoms with Gasteiger partial charge in [-0.05, 0) is 43.3 Å². The summed E-state index contributed by atoms with van der Waals surface area (Å²) in [4.78, 5) is 19.4. The molecule has 0 aliphatic heterocycles. The van der Waals surface area contributed by atoms with Crippen LogP contribution in [0.15, 0.2) is 51.9 Å². The first-order valence-corrected chi connectivity index (χ1v) is 7.90. The van der Waals surface area contributed by atoms with E-state index >= 15 is 0 Å². The maximum atomic E-state index is 12.3. The van der Waals surface area contributed by atoms with Gasteiger partial charge >= 0.3 is 0 Å². The van der Waals surface area contributed by atoms with Crippen LogP contribution in [0.1, 0.15) is 18.5 Å². The summed E-state index contributed by atoms with van der Waals surface area (Å²) >= 11 is 9.42. The van der Waals surface area contributed by atoms with Crippen LogP contribution in [0.25, 0.3) is 10.9 Å². The van der Waals surface area contributed by atoms with Crippen molar-refractivity contribution in [1.29, 1.82) is 0 Å². The van der Waals surface area contributed by atoms with Crippen molar-refractivity contribution in [2.45, 2.75) is 13.0 Å². The van der Waals surface area contributed by atoms with Crippen LogP contribution in [0, 0.1) is 0 Å². The Hall–Kier alpha value is -1.85. The standard InChI is InChI=1S/C16H13BrClN3O/c1-9(20-15-8-11(17)4-5-19-15)13-7-10-6-12(18)2-3-14(10)21-16(13)22/h2-9H,1H3,(H,19,20)(H,21,22)/t9-/m0/s1. The molecule has 2 aromatic heterocycles. The molecule has 1 aromatic carbocycles. The zero-order chi connectivity index (χ0) is 15.7. The maximum Gasteiger partial charge on any atom is 0.253 e. The number of nitrogens with one attached hydrogen (secondary N) is 2. The van der Waals surface area contributed by atoms with E-state index in [2.05, 4.69) is 31.2 Å². The Labute approximate surface area is 140 Å². The van der Waals surface area contributed by atoms with Gasteiger partial charge in [-0.1, -0.05) is 27.5 Å². The quantitative estimate of drug-likeness (QED) is 0.705. The normalized spacial score (nSPS) is 12.3. The zero-order valence-corrected chi connectivity index (χ0v) is 14.1. The molecule has 0 bridgehead atoms. The number of hydrogen-bond acceptors (Lipinski definition) is 3. The summed E-state index contributed by atoms with van der Waals surface area (Å²) in [7, 11) is 0. The molecule has 0 saturated carbocycles. The van der Waals surface area contributed by atoms with Gasteiger partial charge in [0.25, 0.3) is 5.56 Å². The van der Waals surface area contributed by atoms with Crippen molar-refractivity contribution < 1.29 is 0 Å². The monoisotopic (exact) mass is 377 g/mol. The molecule has 0 aliphatic carbocycles. The minimum absolute atomic E-state index is 0.121. The molecule has 4 nitrogen and oxygen atoms in total. The Bertz CT molecular complexity index is 894. The largest absolute Gasteiger partial charge is 0.363 e. The average Bonchev–Trinajstić information content (AvgIpc) is 2.47. The Morgan fingerprint density at radius 2 is 2.09 bits per heavy atom.